The van der Waals surface area contributed by atoms with Gasteiger partial charge in [0.25, 0.3) is 0 Å². The molecule has 0 bridgehead atoms. The van der Waals surface area contributed by atoms with Crippen LogP contribution in [0.2, 0.25) is 5.02 Å². The highest BCUT2D eigenvalue weighted by Gasteiger charge is 2.36. The second kappa shape index (κ2) is 4.34. The molecule has 3 heteroatoms. The van der Waals surface area contributed by atoms with Gasteiger partial charge in [-0.15, -0.1) is 0 Å². The van der Waals surface area contributed by atoms with Crippen LogP contribution in [-0.4, -0.2) is 10.7 Å². The van der Waals surface area contributed by atoms with E-state index in [4.69, 9.17) is 11.6 Å². The smallest absolute Gasteiger partial charge is 0.127 e. The molecule has 16 heavy (non-hydrogen) atoms. The molecule has 0 radical (unpaired) electrons. The molecule has 1 N–H and O–H groups in total. The molecule has 0 fully saturated rings. The number of aliphatic hydroxyl groups is 1. The van der Waals surface area contributed by atoms with E-state index in [0.29, 0.717) is 10.6 Å². The number of rotatable bonds is 2. The van der Waals surface area contributed by atoms with E-state index in [0.717, 1.165) is 0 Å². The number of hydrogen-bond acceptors (Lipinski definition) is 1. The van der Waals surface area contributed by atoms with Gasteiger partial charge in [0.05, 0.1) is 5.60 Å². The predicted octanol–water partition coefficient (Wildman–Crippen LogP) is 3.82. The van der Waals surface area contributed by atoms with E-state index in [1.165, 1.54) is 6.07 Å². The first-order valence-corrected chi connectivity index (χ1v) is 5.68. The number of halogens is 2. The lowest BCUT2D eigenvalue weighted by Crippen LogP contribution is -2.42. The molecule has 0 saturated carbocycles. The van der Waals surface area contributed by atoms with E-state index in [-0.39, 0.29) is 17.7 Å². The van der Waals surface area contributed by atoms with Crippen LogP contribution in [0.15, 0.2) is 18.2 Å². The minimum atomic E-state index is -1.00. The molecule has 1 unspecified atom stereocenters. The third kappa shape index (κ3) is 2.74. The zero-order valence-corrected chi connectivity index (χ0v) is 10.9. The molecule has 0 aromatic heterocycles. The first-order valence-electron chi connectivity index (χ1n) is 5.30. The molecule has 0 heterocycles. The normalized spacial score (nSPS) is 15.9. The van der Waals surface area contributed by atoms with Gasteiger partial charge < -0.3 is 5.11 Å². The summed E-state index contributed by atoms with van der Waals surface area (Å²) in [5, 5.41) is 10.7. The van der Waals surface area contributed by atoms with Gasteiger partial charge in [-0.25, -0.2) is 4.39 Å². The minimum absolute atomic E-state index is 0.210. The fourth-order valence-electron chi connectivity index (χ4n) is 1.31. The summed E-state index contributed by atoms with van der Waals surface area (Å²) in [6.07, 6.45) is 0.210. The molecule has 1 aromatic carbocycles. The van der Waals surface area contributed by atoms with Gasteiger partial charge >= 0.3 is 0 Å². The molecule has 1 rings (SSSR count). The van der Waals surface area contributed by atoms with Crippen LogP contribution in [0.1, 0.15) is 33.3 Å². The van der Waals surface area contributed by atoms with Crippen molar-refractivity contribution in [3.8, 4) is 0 Å². The Hall–Kier alpha value is -0.600. The quantitative estimate of drug-likeness (QED) is 0.839. The molecule has 0 saturated heterocycles. The van der Waals surface area contributed by atoms with Gasteiger partial charge in [0.2, 0.25) is 0 Å². The Morgan fingerprint density at radius 1 is 1.25 bits per heavy atom. The van der Waals surface area contributed by atoms with Gasteiger partial charge in [-0.2, -0.15) is 0 Å². The first-order chi connectivity index (χ1) is 7.15. The summed E-state index contributed by atoms with van der Waals surface area (Å²) < 4.78 is 13.6. The minimum Gasteiger partial charge on any atom is -0.389 e. The molecule has 0 aliphatic heterocycles. The van der Waals surface area contributed by atoms with Gasteiger partial charge in [0.1, 0.15) is 5.82 Å². The van der Waals surface area contributed by atoms with Crippen LogP contribution in [0, 0.1) is 11.2 Å². The van der Waals surface area contributed by atoms with Gasteiger partial charge in [-0.1, -0.05) is 38.4 Å². The molecule has 90 valence electrons. The summed E-state index contributed by atoms with van der Waals surface area (Å²) in [6, 6.07) is 4.56. The third-order valence-electron chi connectivity index (χ3n) is 3.20. The molecular formula is C13H18ClFO. The van der Waals surface area contributed by atoms with Crippen LogP contribution in [0.4, 0.5) is 4.39 Å². The molecule has 1 aromatic rings. The van der Waals surface area contributed by atoms with Gasteiger partial charge in [-0.05, 0) is 24.5 Å². The van der Waals surface area contributed by atoms with Crippen molar-refractivity contribution in [2.75, 3.05) is 0 Å². The summed E-state index contributed by atoms with van der Waals surface area (Å²) in [7, 11) is 0. The van der Waals surface area contributed by atoms with Crippen molar-refractivity contribution in [3.63, 3.8) is 0 Å². The Labute approximate surface area is 101 Å². The second-order valence-corrected chi connectivity index (χ2v) is 5.81. The standard InChI is InChI=1S/C13H18ClFO/c1-12(2,3)13(4,16)8-9-10(14)6-5-7-11(9)15/h5-7,16H,8H2,1-4H3. The van der Waals surface area contributed by atoms with Crippen molar-refractivity contribution < 1.29 is 9.50 Å². The maximum Gasteiger partial charge on any atom is 0.127 e. The van der Waals surface area contributed by atoms with Crippen molar-refractivity contribution in [2.45, 2.75) is 39.7 Å². The maximum atomic E-state index is 13.6. The molecule has 0 amide bonds. The number of benzene rings is 1. The van der Waals surface area contributed by atoms with E-state index < -0.39 is 5.60 Å². The summed E-state index contributed by atoms with van der Waals surface area (Å²) in [6.45, 7) is 7.46. The van der Waals surface area contributed by atoms with Gasteiger partial charge in [0.15, 0.2) is 0 Å². The van der Waals surface area contributed by atoms with Crippen LogP contribution in [-0.2, 0) is 6.42 Å². The Kier molecular flexibility index (Phi) is 3.65. The molecule has 0 aliphatic carbocycles. The molecule has 1 nitrogen and oxygen atoms in total. The lowest BCUT2D eigenvalue weighted by Gasteiger charge is -2.37. The SMILES string of the molecule is CC(C)(C)C(C)(O)Cc1c(F)cccc1Cl. The van der Waals surface area contributed by atoms with Crippen LogP contribution < -0.4 is 0 Å². The maximum absolute atomic E-state index is 13.6. The summed E-state index contributed by atoms with van der Waals surface area (Å²) >= 11 is 5.93. The average molecular weight is 245 g/mol. The van der Waals surface area contributed by atoms with E-state index in [9.17, 15) is 9.50 Å². The Balaban J connectivity index is 3.06. The van der Waals surface area contributed by atoms with E-state index in [2.05, 4.69) is 0 Å². The Morgan fingerprint density at radius 2 is 1.81 bits per heavy atom. The van der Waals surface area contributed by atoms with Crippen LogP contribution in [0.3, 0.4) is 0 Å². The summed E-state index contributed by atoms with van der Waals surface area (Å²) in [4.78, 5) is 0. The van der Waals surface area contributed by atoms with E-state index >= 15 is 0 Å². The Morgan fingerprint density at radius 3 is 2.25 bits per heavy atom. The fraction of sp³-hybridized carbons (Fsp3) is 0.538. The first kappa shape index (κ1) is 13.5. The molecule has 0 aliphatic rings. The highest BCUT2D eigenvalue weighted by molar-refractivity contribution is 6.31. The van der Waals surface area contributed by atoms with Crippen molar-refractivity contribution in [2.24, 2.45) is 5.41 Å². The highest BCUT2D eigenvalue weighted by atomic mass is 35.5. The topological polar surface area (TPSA) is 20.2 Å². The van der Waals surface area contributed by atoms with Crippen molar-refractivity contribution in [3.05, 3.63) is 34.6 Å². The van der Waals surface area contributed by atoms with Crippen LogP contribution in [0.5, 0.6) is 0 Å². The lowest BCUT2D eigenvalue weighted by molar-refractivity contribution is -0.0411. The molecular weight excluding hydrogens is 227 g/mol. The van der Waals surface area contributed by atoms with Crippen molar-refractivity contribution in [1.82, 2.24) is 0 Å². The number of hydrogen-bond donors (Lipinski definition) is 1. The molecule has 1 atom stereocenters. The van der Waals surface area contributed by atoms with Crippen molar-refractivity contribution in [1.29, 1.82) is 0 Å². The predicted molar refractivity (Wildman–Crippen MR) is 65.2 cm³/mol. The van der Waals surface area contributed by atoms with Crippen LogP contribution in [0.25, 0.3) is 0 Å². The zero-order chi connectivity index (χ0) is 12.6. The average Bonchev–Trinajstić information content (AvgIpc) is 2.10. The second-order valence-electron chi connectivity index (χ2n) is 5.40. The van der Waals surface area contributed by atoms with E-state index in [1.807, 2.05) is 20.8 Å². The lowest BCUT2D eigenvalue weighted by atomic mass is 9.74. The van der Waals surface area contributed by atoms with Gasteiger partial charge in [-0.3, -0.25) is 0 Å². The zero-order valence-electron chi connectivity index (χ0n) is 10.1. The Bertz CT molecular complexity index is 360. The van der Waals surface area contributed by atoms with Crippen molar-refractivity contribution >= 4 is 11.6 Å². The van der Waals surface area contributed by atoms with Crippen LogP contribution >= 0.6 is 11.6 Å². The summed E-state index contributed by atoms with van der Waals surface area (Å²) in [5.74, 6) is -0.364. The third-order valence-corrected chi connectivity index (χ3v) is 3.55. The fourth-order valence-corrected chi connectivity index (χ4v) is 1.54. The van der Waals surface area contributed by atoms with E-state index in [1.54, 1.807) is 19.1 Å². The highest BCUT2D eigenvalue weighted by Crippen LogP contribution is 2.35. The largest absolute Gasteiger partial charge is 0.389 e. The summed E-state index contributed by atoms with van der Waals surface area (Å²) in [5.41, 5.74) is -0.957. The monoisotopic (exact) mass is 244 g/mol. The molecule has 0 spiro atoms. The van der Waals surface area contributed by atoms with Gasteiger partial charge in [0, 0.05) is 17.0 Å².